The van der Waals surface area contributed by atoms with Gasteiger partial charge in [-0.15, -0.1) is 0 Å². The zero-order chi connectivity index (χ0) is 20.5. The highest BCUT2D eigenvalue weighted by molar-refractivity contribution is 5.96. The topological polar surface area (TPSA) is 98.1 Å². The molecule has 1 fully saturated rings. The molecule has 29 heavy (non-hydrogen) atoms. The number of benzene rings is 2. The fourth-order valence-corrected chi connectivity index (χ4v) is 3.53. The van der Waals surface area contributed by atoms with Crippen LogP contribution in [-0.2, 0) is 4.79 Å². The molecule has 0 bridgehead atoms. The molecule has 150 valence electrons. The monoisotopic (exact) mass is 400 g/mol. The Morgan fingerprint density at radius 3 is 2.45 bits per heavy atom. The molecule has 2 heterocycles. The lowest BCUT2D eigenvalue weighted by molar-refractivity contribution is -0.121. The van der Waals surface area contributed by atoms with Gasteiger partial charge in [-0.25, -0.2) is 13.6 Å². The van der Waals surface area contributed by atoms with Gasteiger partial charge in [0.15, 0.2) is 0 Å². The van der Waals surface area contributed by atoms with Gasteiger partial charge in [0.1, 0.15) is 11.6 Å². The molecular weight excluding hydrogens is 382 g/mol. The first kappa shape index (κ1) is 18.9. The molecule has 1 aliphatic rings. The van der Waals surface area contributed by atoms with Crippen LogP contribution in [0.25, 0.3) is 11.0 Å². The highest BCUT2D eigenvalue weighted by atomic mass is 19.1. The summed E-state index contributed by atoms with van der Waals surface area (Å²) < 4.78 is 26.9. The molecule has 4 rings (SSSR count). The zero-order valence-corrected chi connectivity index (χ0v) is 15.3. The number of carbonyl (C=O) groups is 2. The Hall–Kier alpha value is -3.49. The second kappa shape index (κ2) is 7.50. The number of hydrogen-bond donors (Lipinski definition) is 3. The van der Waals surface area contributed by atoms with Crippen molar-refractivity contribution < 1.29 is 18.4 Å². The Bertz CT molecular complexity index is 1150. The molecule has 0 spiro atoms. The van der Waals surface area contributed by atoms with Gasteiger partial charge in [0.25, 0.3) is 5.91 Å². The van der Waals surface area contributed by atoms with E-state index in [2.05, 4.69) is 15.3 Å². The summed E-state index contributed by atoms with van der Waals surface area (Å²) in [6.07, 6.45) is 0.868. The average molecular weight is 400 g/mol. The minimum Gasteiger partial charge on any atom is -0.339 e. The van der Waals surface area contributed by atoms with Gasteiger partial charge in [0.05, 0.1) is 16.6 Å². The molecule has 0 aliphatic carbocycles. The van der Waals surface area contributed by atoms with Crippen molar-refractivity contribution in [3.05, 3.63) is 64.1 Å². The SMILES string of the molecule is O=C(Nc1ccc2[nH]c(=O)[nH]c2c1)C1CCN(C(=O)c2ccc(F)cc2F)CC1. The molecule has 0 radical (unpaired) electrons. The van der Waals surface area contributed by atoms with Crippen LogP contribution in [0.4, 0.5) is 14.5 Å². The van der Waals surface area contributed by atoms with Crippen molar-refractivity contribution in [2.24, 2.45) is 5.92 Å². The maximum absolute atomic E-state index is 13.8. The van der Waals surface area contributed by atoms with Gasteiger partial charge in [0.2, 0.25) is 5.91 Å². The fourth-order valence-electron chi connectivity index (χ4n) is 3.53. The van der Waals surface area contributed by atoms with E-state index < -0.39 is 17.5 Å². The molecule has 1 aromatic heterocycles. The number of imidazole rings is 1. The maximum Gasteiger partial charge on any atom is 0.323 e. The van der Waals surface area contributed by atoms with Crippen molar-refractivity contribution in [3.63, 3.8) is 0 Å². The summed E-state index contributed by atoms with van der Waals surface area (Å²) in [7, 11) is 0. The lowest BCUT2D eigenvalue weighted by Crippen LogP contribution is -2.41. The van der Waals surface area contributed by atoms with Crippen molar-refractivity contribution in [2.75, 3.05) is 18.4 Å². The summed E-state index contributed by atoms with van der Waals surface area (Å²) in [6.45, 7) is 0.607. The van der Waals surface area contributed by atoms with Crippen molar-refractivity contribution >= 4 is 28.5 Å². The van der Waals surface area contributed by atoms with Crippen LogP contribution >= 0.6 is 0 Å². The number of nitrogens with one attached hydrogen (secondary N) is 3. The van der Waals surface area contributed by atoms with E-state index in [9.17, 15) is 23.2 Å². The molecule has 2 amide bonds. The summed E-state index contributed by atoms with van der Waals surface area (Å²) in [5, 5.41) is 2.82. The highest BCUT2D eigenvalue weighted by Gasteiger charge is 2.29. The van der Waals surface area contributed by atoms with Gasteiger partial charge in [-0.2, -0.15) is 0 Å². The summed E-state index contributed by atoms with van der Waals surface area (Å²) in [6, 6.07) is 7.92. The third-order valence-corrected chi connectivity index (χ3v) is 5.10. The number of H-pyrrole nitrogens is 2. The summed E-state index contributed by atoms with van der Waals surface area (Å²) in [4.78, 5) is 43.1. The Kier molecular flexibility index (Phi) is 4.87. The van der Waals surface area contributed by atoms with E-state index >= 15 is 0 Å². The smallest absolute Gasteiger partial charge is 0.323 e. The predicted octanol–water partition coefficient (Wildman–Crippen LogP) is 2.63. The van der Waals surface area contributed by atoms with E-state index in [-0.39, 0.29) is 23.1 Å². The third kappa shape index (κ3) is 3.89. The largest absolute Gasteiger partial charge is 0.339 e. The van der Waals surface area contributed by atoms with E-state index in [0.717, 1.165) is 12.1 Å². The van der Waals surface area contributed by atoms with Crippen LogP contribution in [0.15, 0.2) is 41.2 Å². The predicted molar refractivity (Wildman–Crippen MR) is 103 cm³/mol. The van der Waals surface area contributed by atoms with E-state index in [1.54, 1.807) is 18.2 Å². The number of amides is 2. The summed E-state index contributed by atoms with van der Waals surface area (Å²) in [5.41, 5.74) is 1.30. The lowest BCUT2D eigenvalue weighted by Gasteiger charge is -2.31. The van der Waals surface area contributed by atoms with Crippen LogP contribution in [0.1, 0.15) is 23.2 Å². The molecule has 1 aliphatic heterocycles. The quantitative estimate of drug-likeness (QED) is 0.630. The average Bonchev–Trinajstić information content (AvgIpc) is 3.07. The number of aromatic nitrogens is 2. The molecule has 1 saturated heterocycles. The lowest BCUT2D eigenvalue weighted by atomic mass is 9.95. The fraction of sp³-hybridized carbons (Fsp3) is 0.250. The number of nitrogens with zero attached hydrogens (tertiary/aromatic N) is 1. The molecule has 2 aromatic carbocycles. The van der Waals surface area contributed by atoms with Crippen LogP contribution in [0.3, 0.4) is 0 Å². The number of rotatable bonds is 3. The Morgan fingerprint density at radius 2 is 1.72 bits per heavy atom. The normalized spacial score (nSPS) is 14.9. The summed E-state index contributed by atoms with van der Waals surface area (Å²) in [5.74, 6) is -2.62. The first-order chi connectivity index (χ1) is 13.9. The number of aromatic amines is 2. The van der Waals surface area contributed by atoms with Crippen molar-refractivity contribution in [1.82, 2.24) is 14.9 Å². The van der Waals surface area contributed by atoms with Gasteiger partial charge in [0, 0.05) is 30.8 Å². The maximum atomic E-state index is 13.8. The number of halogens is 2. The van der Waals surface area contributed by atoms with Gasteiger partial charge >= 0.3 is 5.69 Å². The number of carbonyl (C=O) groups excluding carboxylic acids is 2. The number of hydrogen-bond acceptors (Lipinski definition) is 3. The van der Waals surface area contributed by atoms with Crippen molar-refractivity contribution in [1.29, 1.82) is 0 Å². The molecular formula is C20H18F2N4O3. The number of piperidine rings is 1. The number of likely N-dealkylation sites (tertiary alicyclic amines) is 1. The van der Waals surface area contributed by atoms with E-state index in [0.29, 0.717) is 48.7 Å². The zero-order valence-electron chi connectivity index (χ0n) is 15.3. The van der Waals surface area contributed by atoms with Crippen LogP contribution in [-0.4, -0.2) is 39.8 Å². The summed E-state index contributed by atoms with van der Waals surface area (Å²) >= 11 is 0. The Morgan fingerprint density at radius 1 is 1.00 bits per heavy atom. The molecule has 3 aromatic rings. The van der Waals surface area contributed by atoms with Crippen molar-refractivity contribution in [3.8, 4) is 0 Å². The molecule has 0 atom stereocenters. The molecule has 9 heteroatoms. The molecule has 3 N–H and O–H groups in total. The van der Waals surface area contributed by atoms with Crippen LogP contribution in [0.5, 0.6) is 0 Å². The van der Waals surface area contributed by atoms with Gasteiger partial charge in [-0.1, -0.05) is 0 Å². The van der Waals surface area contributed by atoms with Crippen LogP contribution < -0.4 is 11.0 Å². The first-order valence-corrected chi connectivity index (χ1v) is 9.18. The second-order valence-corrected chi connectivity index (χ2v) is 7.02. The van der Waals surface area contributed by atoms with Crippen LogP contribution in [0, 0.1) is 17.6 Å². The second-order valence-electron chi connectivity index (χ2n) is 7.02. The van der Waals surface area contributed by atoms with Gasteiger partial charge in [-0.3, -0.25) is 9.59 Å². The highest BCUT2D eigenvalue weighted by Crippen LogP contribution is 2.23. The van der Waals surface area contributed by atoms with E-state index in [4.69, 9.17) is 0 Å². The van der Waals surface area contributed by atoms with Crippen LogP contribution in [0.2, 0.25) is 0 Å². The van der Waals surface area contributed by atoms with E-state index in [1.807, 2.05) is 0 Å². The number of fused-ring (bicyclic) bond motifs is 1. The van der Waals surface area contributed by atoms with Gasteiger partial charge in [-0.05, 0) is 43.2 Å². The first-order valence-electron chi connectivity index (χ1n) is 9.18. The molecule has 0 saturated carbocycles. The molecule has 0 unspecified atom stereocenters. The van der Waals surface area contributed by atoms with Crippen molar-refractivity contribution in [2.45, 2.75) is 12.8 Å². The Balaban J connectivity index is 1.37. The Labute approximate surface area is 163 Å². The minimum atomic E-state index is -0.895. The third-order valence-electron chi connectivity index (χ3n) is 5.10. The van der Waals surface area contributed by atoms with Gasteiger partial charge < -0.3 is 20.2 Å². The standard InChI is InChI=1S/C20H18F2N4O3/c21-12-1-3-14(15(22)9-12)19(28)26-7-5-11(6-8-26)18(27)23-13-2-4-16-17(10-13)25-20(29)24-16/h1-4,9-11H,5-8H2,(H,23,27)(H2,24,25,29). The number of anilines is 1. The minimum absolute atomic E-state index is 0.178. The van der Waals surface area contributed by atoms with E-state index in [1.165, 1.54) is 4.90 Å². The molecule has 7 nitrogen and oxygen atoms in total.